The third kappa shape index (κ3) is 4.96. The molecule has 1 rings (SSSR count). The van der Waals surface area contributed by atoms with Crippen molar-refractivity contribution in [1.29, 1.82) is 0 Å². The van der Waals surface area contributed by atoms with E-state index in [-0.39, 0.29) is 17.1 Å². The molecule has 7 nitrogen and oxygen atoms in total. The van der Waals surface area contributed by atoms with E-state index in [4.69, 9.17) is 0 Å². The van der Waals surface area contributed by atoms with E-state index >= 15 is 0 Å². The Bertz CT molecular complexity index is 614. The van der Waals surface area contributed by atoms with Gasteiger partial charge in [-0.1, -0.05) is 13.8 Å². The lowest BCUT2D eigenvalue weighted by atomic mass is 10.0. The number of rotatable bonds is 8. The molecule has 0 aliphatic carbocycles. The van der Waals surface area contributed by atoms with Crippen molar-refractivity contribution >= 4 is 21.6 Å². The van der Waals surface area contributed by atoms with E-state index in [2.05, 4.69) is 15.5 Å². The highest BCUT2D eigenvalue weighted by Gasteiger charge is 2.20. The van der Waals surface area contributed by atoms with Gasteiger partial charge in [-0.15, -0.1) is 5.10 Å². The number of aryl methyl sites for hydroxylation is 1. The average Bonchev–Trinajstić information content (AvgIpc) is 2.41. The van der Waals surface area contributed by atoms with E-state index in [1.54, 1.807) is 0 Å². The SMILES string of the molecule is CCc1nnc(NCCCS(C)(=O)=O)c(C(=O)O)c1CC. The number of nitrogens with zero attached hydrogens (tertiary/aromatic N) is 2. The van der Waals surface area contributed by atoms with Gasteiger partial charge in [-0.2, -0.15) is 5.10 Å². The predicted molar refractivity (Wildman–Crippen MR) is 80.6 cm³/mol. The van der Waals surface area contributed by atoms with Gasteiger partial charge in [0.1, 0.15) is 15.4 Å². The van der Waals surface area contributed by atoms with Crippen LogP contribution in [0.15, 0.2) is 0 Å². The summed E-state index contributed by atoms with van der Waals surface area (Å²) in [5.74, 6) is -0.809. The highest BCUT2D eigenvalue weighted by atomic mass is 32.2. The molecule has 0 aliphatic heterocycles. The maximum Gasteiger partial charge on any atom is 0.339 e. The fraction of sp³-hybridized carbons (Fsp3) is 0.615. The standard InChI is InChI=1S/C13H21N3O4S/c1-4-9-10(5-2)15-16-12(11(9)13(17)18)14-7-6-8-21(3,19)20/h4-8H2,1-3H3,(H,14,16)(H,17,18). The minimum Gasteiger partial charge on any atom is -0.478 e. The Balaban J connectivity index is 2.94. The fourth-order valence-corrected chi connectivity index (χ4v) is 2.74. The maximum atomic E-state index is 11.5. The molecular weight excluding hydrogens is 294 g/mol. The summed E-state index contributed by atoms with van der Waals surface area (Å²) < 4.78 is 22.1. The molecule has 0 unspecified atom stereocenters. The Morgan fingerprint density at radius 2 is 1.90 bits per heavy atom. The maximum absolute atomic E-state index is 11.5. The van der Waals surface area contributed by atoms with Crippen LogP contribution in [0, 0.1) is 0 Å². The van der Waals surface area contributed by atoms with Crippen LogP contribution in [0.25, 0.3) is 0 Å². The van der Waals surface area contributed by atoms with E-state index in [1.807, 2.05) is 13.8 Å². The predicted octanol–water partition coefficient (Wildman–Crippen LogP) is 1.15. The number of nitrogens with one attached hydrogen (secondary N) is 1. The lowest BCUT2D eigenvalue weighted by molar-refractivity contribution is 0.0696. The van der Waals surface area contributed by atoms with Crippen molar-refractivity contribution in [3.63, 3.8) is 0 Å². The van der Waals surface area contributed by atoms with Gasteiger partial charge in [0.25, 0.3) is 0 Å². The first kappa shape index (κ1) is 17.4. The van der Waals surface area contributed by atoms with Gasteiger partial charge in [0.05, 0.1) is 11.4 Å². The van der Waals surface area contributed by atoms with Gasteiger partial charge in [0, 0.05) is 12.8 Å². The van der Waals surface area contributed by atoms with Crippen molar-refractivity contribution in [3.8, 4) is 0 Å². The third-order valence-corrected chi connectivity index (χ3v) is 4.07. The number of aromatic nitrogens is 2. The number of sulfone groups is 1. The molecular formula is C13H21N3O4S. The van der Waals surface area contributed by atoms with Gasteiger partial charge in [-0.05, 0) is 24.8 Å². The van der Waals surface area contributed by atoms with Crippen molar-refractivity contribution in [2.45, 2.75) is 33.1 Å². The Morgan fingerprint density at radius 3 is 2.38 bits per heavy atom. The summed E-state index contributed by atoms with van der Waals surface area (Å²) in [5.41, 5.74) is 1.48. The van der Waals surface area contributed by atoms with Crippen molar-refractivity contribution in [1.82, 2.24) is 10.2 Å². The molecule has 0 amide bonds. The summed E-state index contributed by atoms with van der Waals surface area (Å²) in [6, 6.07) is 0. The highest BCUT2D eigenvalue weighted by Crippen LogP contribution is 2.20. The van der Waals surface area contributed by atoms with Crippen molar-refractivity contribution in [2.24, 2.45) is 0 Å². The summed E-state index contributed by atoms with van der Waals surface area (Å²) in [7, 11) is -3.02. The smallest absolute Gasteiger partial charge is 0.339 e. The zero-order chi connectivity index (χ0) is 16.0. The van der Waals surface area contributed by atoms with Gasteiger partial charge in [0.15, 0.2) is 5.82 Å². The zero-order valence-corrected chi connectivity index (χ0v) is 13.3. The molecule has 0 saturated carbocycles. The molecule has 0 fully saturated rings. The minimum atomic E-state index is -3.02. The fourth-order valence-electron chi connectivity index (χ4n) is 2.07. The van der Waals surface area contributed by atoms with Crippen LogP contribution in [0.5, 0.6) is 0 Å². The molecule has 21 heavy (non-hydrogen) atoms. The second kappa shape index (κ2) is 7.35. The summed E-state index contributed by atoms with van der Waals surface area (Å²) in [6.45, 7) is 4.10. The molecule has 1 aromatic rings. The first-order valence-electron chi connectivity index (χ1n) is 6.83. The van der Waals surface area contributed by atoms with Crippen LogP contribution in [0.2, 0.25) is 0 Å². The van der Waals surface area contributed by atoms with Crippen LogP contribution in [0.3, 0.4) is 0 Å². The zero-order valence-electron chi connectivity index (χ0n) is 12.5. The molecule has 0 atom stereocenters. The number of anilines is 1. The first-order chi connectivity index (χ1) is 9.80. The van der Waals surface area contributed by atoms with Crippen LogP contribution >= 0.6 is 0 Å². The molecule has 0 radical (unpaired) electrons. The highest BCUT2D eigenvalue weighted by molar-refractivity contribution is 7.90. The molecule has 0 spiro atoms. The Labute approximate surface area is 124 Å². The lowest BCUT2D eigenvalue weighted by Gasteiger charge is -2.13. The van der Waals surface area contributed by atoms with Gasteiger partial charge in [-0.25, -0.2) is 13.2 Å². The Morgan fingerprint density at radius 1 is 1.24 bits per heavy atom. The van der Waals surface area contributed by atoms with Crippen LogP contribution < -0.4 is 5.32 Å². The second-order valence-electron chi connectivity index (χ2n) is 4.77. The molecule has 118 valence electrons. The van der Waals surface area contributed by atoms with Crippen LogP contribution in [0.4, 0.5) is 5.82 Å². The largest absolute Gasteiger partial charge is 0.478 e. The topological polar surface area (TPSA) is 109 Å². The van der Waals surface area contributed by atoms with Gasteiger partial charge < -0.3 is 10.4 Å². The average molecular weight is 315 g/mol. The number of carbonyl (C=O) groups is 1. The van der Waals surface area contributed by atoms with Crippen LogP contribution in [-0.4, -0.2) is 48.2 Å². The summed E-state index contributed by atoms with van der Waals surface area (Å²) in [6.07, 6.45) is 2.72. The summed E-state index contributed by atoms with van der Waals surface area (Å²) in [5, 5.41) is 20.2. The van der Waals surface area contributed by atoms with Gasteiger partial charge in [0.2, 0.25) is 0 Å². The van der Waals surface area contributed by atoms with Gasteiger partial charge >= 0.3 is 5.97 Å². The van der Waals surface area contributed by atoms with Gasteiger partial charge in [-0.3, -0.25) is 0 Å². The van der Waals surface area contributed by atoms with Crippen LogP contribution in [-0.2, 0) is 22.7 Å². The van der Waals surface area contributed by atoms with E-state index in [9.17, 15) is 18.3 Å². The molecule has 8 heteroatoms. The van der Waals surface area contributed by atoms with E-state index in [0.29, 0.717) is 37.1 Å². The molecule has 0 saturated heterocycles. The van der Waals surface area contributed by atoms with Crippen LogP contribution in [0.1, 0.15) is 41.9 Å². The summed E-state index contributed by atoms with van der Waals surface area (Å²) in [4.78, 5) is 11.5. The lowest BCUT2D eigenvalue weighted by Crippen LogP contribution is -2.17. The third-order valence-electron chi connectivity index (χ3n) is 3.04. The minimum absolute atomic E-state index is 0.0452. The van der Waals surface area contributed by atoms with E-state index in [1.165, 1.54) is 6.26 Å². The number of aromatic carboxylic acids is 1. The van der Waals surface area contributed by atoms with E-state index < -0.39 is 15.8 Å². The molecule has 1 aromatic heterocycles. The second-order valence-corrected chi connectivity index (χ2v) is 7.03. The number of hydrogen-bond donors (Lipinski definition) is 2. The molecule has 0 aromatic carbocycles. The number of carboxylic acid groups (broad SMARTS) is 1. The molecule has 0 aliphatic rings. The Kier molecular flexibility index (Phi) is 6.07. The molecule has 2 N–H and O–H groups in total. The molecule has 0 bridgehead atoms. The molecule has 1 heterocycles. The quantitative estimate of drug-likeness (QED) is 0.692. The first-order valence-corrected chi connectivity index (χ1v) is 8.89. The van der Waals surface area contributed by atoms with Crippen molar-refractivity contribution in [2.75, 3.05) is 23.9 Å². The normalized spacial score (nSPS) is 11.4. The Hall–Kier alpha value is -1.70. The van der Waals surface area contributed by atoms with Crippen molar-refractivity contribution in [3.05, 3.63) is 16.8 Å². The number of hydrogen-bond acceptors (Lipinski definition) is 6. The number of carboxylic acids is 1. The van der Waals surface area contributed by atoms with Crippen molar-refractivity contribution < 1.29 is 18.3 Å². The monoisotopic (exact) mass is 315 g/mol. The van der Waals surface area contributed by atoms with E-state index in [0.717, 1.165) is 0 Å². The summed E-state index contributed by atoms with van der Waals surface area (Å²) >= 11 is 0.